The largest absolute Gasteiger partial charge is 0.298 e. The molecule has 2 aromatic rings. The first-order chi connectivity index (χ1) is 10.7. The molecule has 22 heavy (non-hydrogen) atoms. The number of hydrogen-bond acceptors (Lipinski definition) is 4. The molecule has 0 aliphatic carbocycles. The van der Waals surface area contributed by atoms with E-state index >= 15 is 0 Å². The van der Waals surface area contributed by atoms with Crippen molar-refractivity contribution in [2.24, 2.45) is 0 Å². The first-order valence-corrected chi connectivity index (χ1v) is 9.12. The standard InChI is InChI=1S/C16H18BrN3OS/c17-13-6-4-5-12(9-13)15(21)19-16-18-14(11-22-16)10-20-7-2-1-3-8-20/h4-6,9,11H,1-3,7-8,10H2,(H,18,19,21). The van der Waals surface area contributed by atoms with Gasteiger partial charge in [-0.25, -0.2) is 4.98 Å². The Labute approximate surface area is 142 Å². The molecule has 1 fully saturated rings. The van der Waals surface area contributed by atoms with Gasteiger partial charge in [0, 0.05) is 22.0 Å². The van der Waals surface area contributed by atoms with E-state index in [-0.39, 0.29) is 5.91 Å². The summed E-state index contributed by atoms with van der Waals surface area (Å²) in [6.07, 6.45) is 3.88. The summed E-state index contributed by atoms with van der Waals surface area (Å²) >= 11 is 4.86. The van der Waals surface area contributed by atoms with Gasteiger partial charge in [0.15, 0.2) is 5.13 Å². The molecule has 0 saturated carbocycles. The third kappa shape index (κ3) is 4.15. The zero-order valence-electron chi connectivity index (χ0n) is 12.2. The lowest BCUT2D eigenvalue weighted by Crippen LogP contribution is -2.29. The summed E-state index contributed by atoms with van der Waals surface area (Å²) in [5.74, 6) is -0.125. The summed E-state index contributed by atoms with van der Waals surface area (Å²) < 4.78 is 0.894. The van der Waals surface area contributed by atoms with Crippen molar-refractivity contribution in [3.63, 3.8) is 0 Å². The Morgan fingerprint density at radius 2 is 2.14 bits per heavy atom. The Kier molecular flexibility index (Phi) is 5.23. The fourth-order valence-corrected chi connectivity index (χ4v) is 3.68. The maximum atomic E-state index is 12.2. The molecule has 6 heteroatoms. The summed E-state index contributed by atoms with van der Waals surface area (Å²) in [6, 6.07) is 7.35. The van der Waals surface area contributed by atoms with Gasteiger partial charge in [-0.1, -0.05) is 28.4 Å². The van der Waals surface area contributed by atoms with Crippen molar-refractivity contribution in [1.29, 1.82) is 0 Å². The molecule has 0 radical (unpaired) electrons. The van der Waals surface area contributed by atoms with Gasteiger partial charge in [-0.05, 0) is 44.1 Å². The molecule has 1 aliphatic heterocycles. The topological polar surface area (TPSA) is 45.2 Å². The number of aromatic nitrogens is 1. The van der Waals surface area contributed by atoms with Crippen LogP contribution in [0.1, 0.15) is 35.3 Å². The SMILES string of the molecule is O=C(Nc1nc(CN2CCCCC2)cs1)c1cccc(Br)c1. The molecule has 4 nitrogen and oxygen atoms in total. The molecule has 0 atom stereocenters. The van der Waals surface area contributed by atoms with Gasteiger partial charge in [-0.2, -0.15) is 0 Å². The first-order valence-electron chi connectivity index (χ1n) is 7.44. The van der Waals surface area contributed by atoms with Gasteiger partial charge in [-0.3, -0.25) is 15.0 Å². The number of nitrogens with zero attached hydrogens (tertiary/aromatic N) is 2. The highest BCUT2D eigenvalue weighted by molar-refractivity contribution is 9.10. The van der Waals surface area contributed by atoms with Crippen LogP contribution in [0.5, 0.6) is 0 Å². The maximum Gasteiger partial charge on any atom is 0.257 e. The maximum absolute atomic E-state index is 12.2. The van der Waals surface area contributed by atoms with Gasteiger partial charge >= 0.3 is 0 Å². The number of piperidine rings is 1. The van der Waals surface area contributed by atoms with E-state index in [0.29, 0.717) is 10.7 Å². The van der Waals surface area contributed by atoms with Crippen LogP contribution >= 0.6 is 27.3 Å². The van der Waals surface area contributed by atoms with Crippen LogP contribution in [0, 0.1) is 0 Å². The average molecular weight is 380 g/mol. The predicted molar refractivity (Wildman–Crippen MR) is 93.3 cm³/mol. The molecule has 1 saturated heterocycles. The lowest BCUT2D eigenvalue weighted by atomic mass is 10.1. The van der Waals surface area contributed by atoms with Crippen LogP contribution in [-0.2, 0) is 6.54 Å². The second-order valence-corrected chi connectivity index (χ2v) is 7.22. The van der Waals surface area contributed by atoms with E-state index in [9.17, 15) is 4.79 Å². The summed E-state index contributed by atoms with van der Waals surface area (Å²) in [5, 5.41) is 5.57. The van der Waals surface area contributed by atoms with Crippen molar-refractivity contribution in [2.45, 2.75) is 25.8 Å². The van der Waals surface area contributed by atoms with E-state index in [1.165, 1.54) is 30.6 Å². The minimum absolute atomic E-state index is 0.125. The van der Waals surface area contributed by atoms with Crippen molar-refractivity contribution < 1.29 is 4.79 Å². The highest BCUT2D eigenvalue weighted by Gasteiger charge is 2.13. The van der Waals surface area contributed by atoms with Crippen molar-refractivity contribution in [3.8, 4) is 0 Å². The summed E-state index contributed by atoms with van der Waals surface area (Å²) in [6.45, 7) is 3.18. The van der Waals surface area contributed by atoms with E-state index in [2.05, 4.69) is 31.1 Å². The van der Waals surface area contributed by atoms with Crippen LogP contribution in [-0.4, -0.2) is 28.9 Å². The molecular formula is C16H18BrN3OS. The molecule has 1 aromatic carbocycles. The highest BCUT2D eigenvalue weighted by atomic mass is 79.9. The Morgan fingerprint density at radius 1 is 1.32 bits per heavy atom. The molecule has 0 spiro atoms. The Balaban J connectivity index is 1.60. The van der Waals surface area contributed by atoms with Gasteiger partial charge < -0.3 is 0 Å². The fourth-order valence-electron chi connectivity index (χ4n) is 2.58. The van der Waals surface area contributed by atoms with Crippen LogP contribution in [0.2, 0.25) is 0 Å². The van der Waals surface area contributed by atoms with Crippen LogP contribution in [0.3, 0.4) is 0 Å². The second kappa shape index (κ2) is 7.35. The minimum atomic E-state index is -0.125. The zero-order valence-corrected chi connectivity index (χ0v) is 14.6. The van der Waals surface area contributed by atoms with E-state index in [0.717, 1.165) is 29.8 Å². The molecule has 0 unspecified atom stereocenters. The van der Waals surface area contributed by atoms with Gasteiger partial charge in [0.05, 0.1) is 5.69 Å². The van der Waals surface area contributed by atoms with E-state index < -0.39 is 0 Å². The normalized spacial score (nSPS) is 15.7. The molecule has 0 bridgehead atoms. The van der Waals surface area contributed by atoms with Crippen molar-refractivity contribution in [1.82, 2.24) is 9.88 Å². The zero-order chi connectivity index (χ0) is 15.4. The average Bonchev–Trinajstić information content (AvgIpc) is 2.95. The molecule has 1 amide bonds. The van der Waals surface area contributed by atoms with Crippen molar-refractivity contribution >= 4 is 38.3 Å². The quantitative estimate of drug-likeness (QED) is 0.867. The third-order valence-corrected chi connectivity index (χ3v) is 4.99. The Hall–Kier alpha value is -1.24. The lowest BCUT2D eigenvalue weighted by molar-refractivity contribution is 0.102. The predicted octanol–water partition coefficient (Wildman–Crippen LogP) is 4.14. The molecule has 1 aliphatic rings. The molecule has 116 valence electrons. The Bertz CT molecular complexity index is 652. The number of anilines is 1. The van der Waals surface area contributed by atoms with Gasteiger partial charge in [-0.15, -0.1) is 11.3 Å². The first kappa shape index (κ1) is 15.6. The number of benzene rings is 1. The summed E-state index contributed by atoms with van der Waals surface area (Å²) in [7, 11) is 0. The number of nitrogens with one attached hydrogen (secondary N) is 1. The number of thiazole rings is 1. The molecule has 1 aromatic heterocycles. The summed E-state index contributed by atoms with van der Waals surface area (Å²) in [5.41, 5.74) is 1.67. The minimum Gasteiger partial charge on any atom is -0.298 e. The van der Waals surface area contributed by atoms with Crippen molar-refractivity contribution in [3.05, 3.63) is 45.4 Å². The molecule has 2 heterocycles. The van der Waals surface area contributed by atoms with E-state index in [1.54, 1.807) is 12.1 Å². The number of carbonyl (C=O) groups excluding carboxylic acids is 1. The van der Waals surface area contributed by atoms with Gasteiger partial charge in [0.25, 0.3) is 5.91 Å². The highest BCUT2D eigenvalue weighted by Crippen LogP contribution is 2.20. The smallest absolute Gasteiger partial charge is 0.257 e. The number of likely N-dealkylation sites (tertiary alicyclic amines) is 1. The van der Waals surface area contributed by atoms with E-state index in [4.69, 9.17) is 0 Å². The fraction of sp³-hybridized carbons (Fsp3) is 0.375. The van der Waals surface area contributed by atoms with E-state index in [1.807, 2.05) is 17.5 Å². The summed E-state index contributed by atoms with van der Waals surface area (Å²) in [4.78, 5) is 19.1. The van der Waals surface area contributed by atoms with Gasteiger partial charge in [0.1, 0.15) is 0 Å². The monoisotopic (exact) mass is 379 g/mol. The van der Waals surface area contributed by atoms with Crippen LogP contribution < -0.4 is 5.32 Å². The Morgan fingerprint density at radius 3 is 2.91 bits per heavy atom. The molecule has 3 rings (SSSR count). The van der Waals surface area contributed by atoms with Crippen LogP contribution in [0.15, 0.2) is 34.1 Å². The van der Waals surface area contributed by atoms with Crippen LogP contribution in [0.25, 0.3) is 0 Å². The third-order valence-electron chi connectivity index (χ3n) is 3.69. The molecular weight excluding hydrogens is 362 g/mol. The van der Waals surface area contributed by atoms with Gasteiger partial charge in [0.2, 0.25) is 0 Å². The number of hydrogen-bond donors (Lipinski definition) is 1. The molecule has 1 N–H and O–H groups in total. The second-order valence-electron chi connectivity index (χ2n) is 5.45. The van der Waals surface area contributed by atoms with Crippen LogP contribution in [0.4, 0.5) is 5.13 Å². The lowest BCUT2D eigenvalue weighted by Gasteiger charge is -2.25. The van der Waals surface area contributed by atoms with Crippen molar-refractivity contribution in [2.75, 3.05) is 18.4 Å². The number of rotatable bonds is 4. The number of halogens is 1. The number of carbonyl (C=O) groups is 1. The number of amides is 1.